The molecule has 1 aromatic carbocycles. The first-order chi connectivity index (χ1) is 11.7. The van der Waals surface area contributed by atoms with E-state index in [-0.39, 0.29) is 5.56 Å². The van der Waals surface area contributed by atoms with Gasteiger partial charge in [-0.25, -0.2) is 4.98 Å². The van der Waals surface area contributed by atoms with Crippen molar-refractivity contribution in [3.8, 4) is 11.1 Å². The molecule has 0 aliphatic heterocycles. The lowest BCUT2D eigenvalue weighted by molar-refractivity contribution is -0.689. The van der Waals surface area contributed by atoms with Crippen LogP contribution < -0.4 is 10.1 Å². The molecule has 118 valence electrons. The molecule has 3 heterocycles. The third-order valence-corrected chi connectivity index (χ3v) is 4.84. The van der Waals surface area contributed by atoms with Gasteiger partial charge in [-0.1, -0.05) is 30.3 Å². The van der Waals surface area contributed by atoms with Crippen molar-refractivity contribution in [3.63, 3.8) is 0 Å². The molecule has 0 radical (unpaired) electrons. The maximum atomic E-state index is 12.6. The Balaban J connectivity index is 1.76. The maximum Gasteiger partial charge on any atom is 0.260 e. The highest BCUT2D eigenvalue weighted by atomic mass is 32.1. The number of hydrogen-bond acceptors (Lipinski definition) is 3. The fourth-order valence-electron chi connectivity index (χ4n) is 2.71. The zero-order valence-corrected chi connectivity index (χ0v) is 14.0. The Bertz CT molecular complexity index is 1050. The van der Waals surface area contributed by atoms with E-state index in [2.05, 4.69) is 9.97 Å². The summed E-state index contributed by atoms with van der Waals surface area (Å²) in [5.74, 6) is 0.669. The Kier molecular flexibility index (Phi) is 3.70. The van der Waals surface area contributed by atoms with Gasteiger partial charge in [-0.3, -0.25) is 4.79 Å². The molecule has 4 nitrogen and oxygen atoms in total. The van der Waals surface area contributed by atoms with Gasteiger partial charge in [0.15, 0.2) is 18.2 Å². The molecule has 4 aromatic rings. The minimum atomic E-state index is -0.0807. The van der Waals surface area contributed by atoms with E-state index < -0.39 is 0 Å². The number of hydrogen-bond donors (Lipinski definition) is 1. The van der Waals surface area contributed by atoms with Crippen molar-refractivity contribution in [1.29, 1.82) is 0 Å². The normalized spacial score (nSPS) is 11.0. The van der Waals surface area contributed by atoms with Crippen molar-refractivity contribution in [2.75, 3.05) is 0 Å². The smallest absolute Gasteiger partial charge is 0.260 e. The quantitative estimate of drug-likeness (QED) is 0.585. The van der Waals surface area contributed by atoms with Crippen LogP contribution >= 0.6 is 11.3 Å². The van der Waals surface area contributed by atoms with Gasteiger partial charge in [0, 0.05) is 23.1 Å². The second-order valence-corrected chi connectivity index (χ2v) is 6.61. The summed E-state index contributed by atoms with van der Waals surface area (Å²) < 4.78 is 2.00. The van der Waals surface area contributed by atoms with Gasteiger partial charge < -0.3 is 4.98 Å². The second kappa shape index (κ2) is 6.02. The van der Waals surface area contributed by atoms with Crippen molar-refractivity contribution in [3.05, 3.63) is 82.0 Å². The van der Waals surface area contributed by atoms with E-state index in [1.54, 1.807) is 0 Å². The summed E-state index contributed by atoms with van der Waals surface area (Å²) in [7, 11) is 0. The second-order valence-electron chi connectivity index (χ2n) is 5.76. The summed E-state index contributed by atoms with van der Waals surface area (Å²) >= 11 is 1.51. The summed E-state index contributed by atoms with van der Waals surface area (Å²) in [6, 6.07) is 14.0. The first-order valence-corrected chi connectivity index (χ1v) is 8.60. The SMILES string of the molecule is Cc1cc[n+](Cc2nc3scc(-c4ccccc4)c3c(=O)[nH]2)cc1. The molecule has 1 N–H and O–H groups in total. The largest absolute Gasteiger partial charge is 0.305 e. The molecule has 0 aliphatic carbocycles. The number of aromatic nitrogens is 3. The highest BCUT2D eigenvalue weighted by Gasteiger charge is 2.14. The first-order valence-electron chi connectivity index (χ1n) is 7.72. The zero-order valence-electron chi connectivity index (χ0n) is 13.2. The number of nitrogens with zero attached hydrogens (tertiary/aromatic N) is 2. The molecule has 4 rings (SSSR count). The number of rotatable bonds is 3. The number of aromatic amines is 1. The molecule has 0 unspecified atom stereocenters. The lowest BCUT2D eigenvalue weighted by atomic mass is 10.1. The molecule has 24 heavy (non-hydrogen) atoms. The number of H-pyrrole nitrogens is 1. The van der Waals surface area contributed by atoms with Gasteiger partial charge in [-0.2, -0.15) is 4.57 Å². The third-order valence-electron chi connectivity index (χ3n) is 3.97. The van der Waals surface area contributed by atoms with Crippen LogP contribution in [0.2, 0.25) is 0 Å². The van der Waals surface area contributed by atoms with Crippen LogP contribution in [0.4, 0.5) is 0 Å². The van der Waals surface area contributed by atoms with Gasteiger partial charge in [0.05, 0.1) is 5.39 Å². The fourth-order valence-corrected chi connectivity index (χ4v) is 3.68. The highest BCUT2D eigenvalue weighted by molar-refractivity contribution is 7.17. The Labute approximate surface area is 143 Å². The first kappa shape index (κ1) is 14.8. The number of fused-ring (bicyclic) bond motifs is 1. The fraction of sp³-hybridized carbons (Fsp3) is 0.105. The van der Waals surface area contributed by atoms with E-state index in [0.29, 0.717) is 17.8 Å². The summed E-state index contributed by atoms with van der Waals surface area (Å²) in [6.45, 7) is 2.59. The molecule has 0 aliphatic rings. The maximum absolute atomic E-state index is 12.6. The third kappa shape index (κ3) is 2.74. The van der Waals surface area contributed by atoms with Crippen LogP contribution in [0.25, 0.3) is 21.3 Å². The van der Waals surface area contributed by atoms with E-state index in [1.165, 1.54) is 16.9 Å². The van der Waals surface area contributed by atoms with Crippen molar-refractivity contribution in [1.82, 2.24) is 9.97 Å². The van der Waals surface area contributed by atoms with Crippen LogP contribution in [0.15, 0.2) is 65.0 Å². The van der Waals surface area contributed by atoms with Gasteiger partial charge in [-0.05, 0) is 18.1 Å². The van der Waals surface area contributed by atoms with Gasteiger partial charge in [0.2, 0.25) is 6.54 Å². The van der Waals surface area contributed by atoms with E-state index in [4.69, 9.17) is 0 Å². The predicted molar refractivity (Wildman–Crippen MR) is 96.2 cm³/mol. The van der Waals surface area contributed by atoms with Crippen molar-refractivity contribution in [2.24, 2.45) is 0 Å². The standard InChI is InChI=1S/C19H15N3OS/c1-13-7-9-22(10-8-13)11-16-20-18(23)17-15(12-24-19(17)21-16)14-5-3-2-4-6-14/h2-10,12H,11H2,1H3/p+1. The molecule has 0 saturated heterocycles. The molecule has 0 fully saturated rings. The van der Waals surface area contributed by atoms with Crippen LogP contribution in [-0.2, 0) is 6.54 Å². The Morgan fingerprint density at radius 1 is 1.12 bits per heavy atom. The van der Waals surface area contributed by atoms with Crippen molar-refractivity contribution in [2.45, 2.75) is 13.5 Å². The lowest BCUT2D eigenvalue weighted by Gasteiger charge is -2.01. The lowest BCUT2D eigenvalue weighted by Crippen LogP contribution is -2.35. The van der Waals surface area contributed by atoms with Crippen LogP contribution in [-0.4, -0.2) is 9.97 Å². The van der Waals surface area contributed by atoms with Crippen molar-refractivity contribution < 1.29 is 4.57 Å². The monoisotopic (exact) mass is 334 g/mol. The van der Waals surface area contributed by atoms with Gasteiger partial charge >= 0.3 is 0 Å². The van der Waals surface area contributed by atoms with Crippen LogP contribution in [0.5, 0.6) is 0 Å². The molecular weight excluding hydrogens is 318 g/mol. The molecule has 0 amide bonds. The van der Waals surface area contributed by atoms with Gasteiger partial charge in [-0.15, -0.1) is 11.3 Å². The van der Waals surface area contributed by atoms with E-state index in [1.807, 2.05) is 71.7 Å². The molecule has 0 bridgehead atoms. The minimum absolute atomic E-state index is 0.0807. The Morgan fingerprint density at radius 3 is 2.62 bits per heavy atom. The molecule has 0 saturated carbocycles. The molecule has 3 aromatic heterocycles. The molecular formula is C19H16N3OS+. The average molecular weight is 334 g/mol. The molecule has 5 heteroatoms. The number of nitrogens with one attached hydrogen (secondary N) is 1. The summed E-state index contributed by atoms with van der Waals surface area (Å²) in [5.41, 5.74) is 3.10. The number of benzene rings is 1. The number of aryl methyl sites for hydroxylation is 1. The van der Waals surface area contributed by atoms with Crippen LogP contribution in [0.3, 0.4) is 0 Å². The summed E-state index contributed by atoms with van der Waals surface area (Å²) in [4.78, 5) is 20.9. The van der Waals surface area contributed by atoms with E-state index in [9.17, 15) is 4.79 Å². The predicted octanol–water partition coefficient (Wildman–Crippen LogP) is 3.30. The zero-order chi connectivity index (χ0) is 16.5. The Morgan fingerprint density at radius 2 is 1.88 bits per heavy atom. The number of thiophene rings is 1. The molecule has 0 atom stereocenters. The molecule has 0 spiro atoms. The Hall–Kier alpha value is -2.79. The average Bonchev–Trinajstić information content (AvgIpc) is 3.02. The summed E-state index contributed by atoms with van der Waals surface area (Å²) in [5, 5.41) is 2.68. The van der Waals surface area contributed by atoms with Crippen molar-refractivity contribution >= 4 is 21.6 Å². The highest BCUT2D eigenvalue weighted by Crippen LogP contribution is 2.30. The summed E-state index contributed by atoms with van der Waals surface area (Å²) in [6.07, 6.45) is 3.98. The minimum Gasteiger partial charge on any atom is -0.305 e. The van der Waals surface area contributed by atoms with Gasteiger partial charge in [0.1, 0.15) is 4.83 Å². The van der Waals surface area contributed by atoms with Crippen LogP contribution in [0.1, 0.15) is 11.4 Å². The van der Waals surface area contributed by atoms with Crippen LogP contribution in [0, 0.1) is 6.92 Å². The van der Waals surface area contributed by atoms with E-state index in [0.717, 1.165) is 16.0 Å². The number of pyridine rings is 1. The van der Waals surface area contributed by atoms with E-state index >= 15 is 0 Å². The van der Waals surface area contributed by atoms with Gasteiger partial charge in [0.25, 0.3) is 5.56 Å². The topological polar surface area (TPSA) is 49.6 Å².